The van der Waals surface area contributed by atoms with Gasteiger partial charge in [-0.15, -0.1) is 0 Å². The van der Waals surface area contributed by atoms with Gasteiger partial charge in [-0.3, -0.25) is 0 Å². The Kier molecular flexibility index (Phi) is 8.75. The van der Waals surface area contributed by atoms with E-state index in [4.69, 9.17) is 0 Å². The molecule has 0 aromatic rings. The highest BCUT2D eigenvalue weighted by molar-refractivity contribution is 4.95. The van der Waals surface area contributed by atoms with E-state index >= 15 is 0 Å². The van der Waals surface area contributed by atoms with Crippen LogP contribution in [0.2, 0.25) is 0 Å². The van der Waals surface area contributed by atoms with Crippen molar-refractivity contribution in [3.8, 4) is 0 Å². The molecule has 0 rings (SSSR count). The van der Waals surface area contributed by atoms with Crippen LogP contribution in [0, 0.1) is 0 Å². The van der Waals surface area contributed by atoms with Crippen LogP contribution in [-0.2, 0) is 0 Å². The molecule has 0 aliphatic rings. The molecule has 0 nitrogen and oxygen atoms in total. The minimum Gasteiger partial charge on any atom is -0.0917 e. The van der Waals surface area contributed by atoms with E-state index in [1.165, 1.54) is 31.3 Å². The average molecular weight is 178 g/mol. The Morgan fingerprint density at radius 1 is 0.846 bits per heavy atom. The summed E-state index contributed by atoms with van der Waals surface area (Å²) >= 11 is 0. The van der Waals surface area contributed by atoms with Crippen LogP contribution < -0.4 is 0 Å². The minimum absolute atomic E-state index is 1.18. The molecule has 0 heterocycles. The molecule has 0 bridgehead atoms. The highest BCUT2D eigenvalue weighted by atomic mass is 13.9. The fourth-order valence-electron chi connectivity index (χ4n) is 1.06. The standard InChI is InChI=1S/C13H22/c1-4-5-6-7-8-9-10-11-12-13(2)3/h4-5,8-9,12H,6-7,10-11H2,1-3H3. The summed E-state index contributed by atoms with van der Waals surface area (Å²) in [6.07, 6.45) is 15.9. The number of hydrogen-bond donors (Lipinski definition) is 0. The Bertz CT molecular complexity index is 178. The van der Waals surface area contributed by atoms with Gasteiger partial charge >= 0.3 is 0 Å². The zero-order chi connectivity index (χ0) is 9.94. The molecule has 0 aromatic carbocycles. The molecule has 0 spiro atoms. The first-order valence-electron chi connectivity index (χ1n) is 5.17. The third-order valence-electron chi connectivity index (χ3n) is 1.79. The summed E-state index contributed by atoms with van der Waals surface area (Å²) in [7, 11) is 0. The average Bonchev–Trinajstić information content (AvgIpc) is 2.09. The third-order valence-corrected chi connectivity index (χ3v) is 1.79. The van der Waals surface area contributed by atoms with E-state index < -0.39 is 0 Å². The Morgan fingerprint density at radius 3 is 1.92 bits per heavy atom. The normalized spacial score (nSPS) is 11.3. The van der Waals surface area contributed by atoms with Gasteiger partial charge in [0.15, 0.2) is 0 Å². The molecule has 0 N–H and O–H groups in total. The van der Waals surface area contributed by atoms with E-state index in [0.29, 0.717) is 0 Å². The van der Waals surface area contributed by atoms with Crippen molar-refractivity contribution in [2.45, 2.75) is 46.5 Å². The predicted molar refractivity (Wildman–Crippen MR) is 61.9 cm³/mol. The maximum Gasteiger partial charge on any atom is -0.0314 e. The zero-order valence-electron chi connectivity index (χ0n) is 9.22. The van der Waals surface area contributed by atoms with Crippen molar-refractivity contribution in [2.24, 2.45) is 0 Å². The second kappa shape index (κ2) is 9.31. The maximum atomic E-state index is 2.29. The van der Waals surface area contributed by atoms with Crippen molar-refractivity contribution in [3.05, 3.63) is 36.0 Å². The first-order valence-corrected chi connectivity index (χ1v) is 5.17. The molecule has 0 atom stereocenters. The molecule has 0 aromatic heterocycles. The van der Waals surface area contributed by atoms with Gasteiger partial charge in [0.05, 0.1) is 0 Å². The molecule has 74 valence electrons. The SMILES string of the molecule is CC=CCCC=CCCC=C(C)C. The van der Waals surface area contributed by atoms with E-state index in [-0.39, 0.29) is 0 Å². The summed E-state index contributed by atoms with van der Waals surface area (Å²) in [5, 5.41) is 0. The van der Waals surface area contributed by atoms with E-state index in [1.807, 2.05) is 0 Å². The van der Waals surface area contributed by atoms with Crippen molar-refractivity contribution >= 4 is 0 Å². The van der Waals surface area contributed by atoms with Gasteiger partial charge in [0.2, 0.25) is 0 Å². The number of unbranched alkanes of at least 4 members (excludes halogenated alkanes) is 2. The molecule has 0 unspecified atom stereocenters. The Balaban J connectivity index is 3.27. The molecule has 0 aliphatic heterocycles. The van der Waals surface area contributed by atoms with Crippen LogP contribution in [0.1, 0.15) is 46.5 Å². The Hall–Kier alpha value is -0.780. The molecular formula is C13H22. The topological polar surface area (TPSA) is 0 Å². The van der Waals surface area contributed by atoms with Crippen LogP contribution >= 0.6 is 0 Å². The molecule has 0 amide bonds. The molecule has 13 heavy (non-hydrogen) atoms. The molecule has 0 saturated carbocycles. The van der Waals surface area contributed by atoms with Crippen LogP contribution in [0.5, 0.6) is 0 Å². The second-order valence-corrected chi connectivity index (χ2v) is 3.48. The van der Waals surface area contributed by atoms with Gasteiger partial charge in [0.25, 0.3) is 0 Å². The van der Waals surface area contributed by atoms with Crippen LogP contribution in [0.3, 0.4) is 0 Å². The molecule has 0 fully saturated rings. The summed E-state index contributed by atoms with van der Waals surface area (Å²) in [6, 6.07) is 0. The smallest absolute Gasteiger partial charge is 0.0314 e. The van der Waals surface area contributed by atoms with E-state index in [9.17, 15) is 0 Å². The molecule has 0 radical (unpaired) electrons. The van der Waals surface area contributed by atoms with Crippen molar-refractivity contribution in [1.29, 1.82) is 0 Å². The Labute approximate surface area is 83.0 Å². The van der Waals surface area contributed by atoms with Crippen LogP contribution in [0.15, 0.2) is 36.0 Å². The van der Waals surface area contributed by atoms with E-state index in [2.05, 4.69) is 51.2 Å². The van der Waals surface area contributed by atoms with E-state index in [0.717, 1.165) is 0 Å². The predicted octanol–water partition coefficient (Wildman–Crippen LogP) is 4.65. The van der Waals surface area contributed by atoms with Gasteiger partial charge in [-0.1, -0.05) is 36.0 Å². The monoisotopic (exact) mass is 178 g/mol. The lowest BCUT2D eigenvalue weighted by molar-refractivity contribution is 0.996. The fraction of sp³-hybridized carbons (Fsp3) is 0.538. The number of rotatable bonds is 6. The zero-order valence-corrected chi connectivity index (χ0v) is 9.22. The van der Waals surface area contributed by atoms with Gasteiger partial charge in [0.1, 0.15) is 0 Å². The summed E-state index contributed by atoms with van der Waals surface area (Å²) in [6.45, 7) is 6.37. The minimum atomic E-state index is 1.18. The summed E-state index contributed by atoms with van der Waals surface area (Å²) in [5.74, 6) is 0. The van der Waals surface area contributed by atoms with Crippen LogP contribution in [0.25, 0.3) is 0 Å². The Morgan fingerprint density at radius 2 is 1.38 bits per heavy atom. The quantitative estimate of drug-likeness (QED) is 0.410. The summed E-state index contributed by atoms with van der Waals surface area (Å²) < 4.78 is 0. The molecular weight excluding hydrogens is 156 g/mol. The van der Waals surface area contributed by atoms with Gasteiger partial charge < -0.3 is 0 Å². The van der Waals surface area contributed by atoms with Crippen molar-refractivity contribution in [2.75, 3.05) is 0 Å². The van der Waals surface area contributed by atoms with Gasteiger partial charge in [-0.05, 0) is 46.5 Å². The van der Waals surface area contributed by atoms with Crippen molar-refractivity contribution < 1.29 is 0 Å². The second-order valence-electron chi connectivity index (χ2n) is 3.48. The lowest BCUT2D eigenvalue weighted by atomic mass is 10.2. The van der Waals surface area contributed by atoms with Crippen molar-refractivity contribution in [1.82, 2.24) is 0 Å². The largest absolute Gasteiger partial charge is 0.0917 e. The molecule has 0 saturated heterocycles. The molecule has 0 aliphatic carbocycles. The van der Waals surface area contributed by atoms with Gasteiger partial charge in [-0.25, -0.2) is 0 Å². The van der Waals surface area contributed by atoms with E-state index in [1.54, 1.807) is 0 Å². The number of allylic oxidation sites excluding steroid dienone is 6. The fourth-order valence-corrected chi connectivity index (χ4v) is 1.06. The molecule has 0 heteroatoms. The summed E-state index contributed by atoms with van der Waals surface area (Å²) in [5.41, 5.74) is 1.42. The van der Waals surface area contributed by atoms with Crippen LogP contribution in [-0.4, -0.2) is 0 Å². The lowest BCUT2D eigenvalue weighted by Crippen LogP contribution is -1.69. The number of hydrogen-bond acceptors (Lipinski definition) is 0. The van der Waals surface area contributed by atoms with Gasteiger partial charge in [0, 0.05) is 0 Å². The maximum absolute atomic E-state index is 2.29. The van der Waals surface area contributed by atoms with Gasteiger partial charge in [-0.2, -0.15) is 0 Å². The summed E-state index contributed by atoms with van der Waals surface area (Å²) in [4.78, 5) is 0. The highest BCUT2D eigenvalue weighted by Crippen LogP contribution is 2.00. The third kappa shape index (κ3) is 11.2. The van der Waals surface area contributed by atoms with Crippen LogP contribution in [0.4, 0.5) is 0 Å². The van der Waals surface area contributed by atoms with Crippen molar-refractivity contribution in [3.63, 3.8) is 0 Å². The highest BCUT2D eigenvalue weighted by Gasteiger charge is 1.79. The lowest BCUT2D eigenvalue weighted by Gasteiger charge is -1.89. The first kappa shape index (κ1) is 12.2. The first-order chi connectivity index (χ1) is 6.27.